The molecular weight excluding hydrogens is 180 g/mol. The molecule has 0 heterocycles. The molecular formula is C6H12N2O5. The molecule has 0 aliphatic heterocycles. The van der Waals surface area contributed by atoms with Crippen molar-refractivity contribution in [2.24, 2.45) is 11.5 Å². The Kier molecular flexibility index (Phi) is 4.49. The SMILES string of the molecule is NC(=O)[C@@H](O)[C@@H](N)[C@H](O)[C@@H](O)C=O. The maximum atomic E-state index is 10.4. The lowest BCUT2D eigenvalue weighted by molar-refractivity contribution is -0.133. The fourth-order valence-corrected chi connectivity index (χ4v) is 0.685. The maximum Gasteiger partial charge on any atom is 0.247 e. The smallest absolute Gasteiger partial charge is 0.247 e. The molecule has 0 saturated heterocycles. The van der Waals surface area contributed by atoms with E-state index < -0.39 is 30.3 Å². The topological polar surface area (TPSA) is 147 Å². The van der Waals surface area contributed by atoms with E-state index in [0.717, 1.165) is 0 Å². The highest BCUT2D eigenvalue weighted by Crippen LogP contribution is 2.00. The van der Waals surface area contributed by atoms with E-state index in [-0.39, 0.29) is 6.29 Å². The molecule has 7 N–H and O–H groups in total. The third-order valence-electron chi connectivity index (χ3n) is 1.54. The number of hydrogen-bond acceptors (Lipinski definition) is 6. The minimum Gasteiger partial charge on any atom is -0.388 e. The number of nitrogens with two attached hydrogens (primary N) is 2. The maximum absolute atomic E-state index is 10.4. The summed E-state index contributed by atoms with van der Waals surface area (Å²) in [6.07, 6.45) is -5.23. The Hall–Kier alpha value is -1.02. The highest BCUT2D eigenvalue weighted by Gasteiger charge is 2.31. The van der Waals surface area contributed by atoms with Gasteiger partial charge in [0.2, 0.25) is 5.91 Å². The standard InChI is InChI=1S/C6H12N2O5/c7-3(5(12)6(8)13)4(11)2(10)1-9/h1-5,10-12H,7H2,(H2,8,13)/t2-,3-,4+,5-/m0/s1. The zero-order valence-corrected chi connectivity index (χ0v) is 6.70. The minimum atomic E-state index is -1.80. The van der Waals surface area contributed by atoms with E-state index in [4.69, 9.17) is 21.1 Å². The van der Waals surface area contributed by atoms with Crippen LogP contribution in [0.15, 0.2) is 0 Å². The molecule has 0 bridgehead atoms. The zero-order valence-electron chi connectivity index (χ0n) is 6.70. The lowest BCUT2D eigenvalue weighted by Gasteiger charge is -2.22. The van der Waals surface area contributed by atoms with Crippen molar-refractivity contribution < 1.29 is 24.9 Å². The van der Waals surface area contributed by atoms with Crippen LogP contribution < -0.4 is 11.5 Å². The highest BCUT2D eigenvalue weighted by molar-refractivity contribution is 5.79. The van der Waals surface area contributed by atoms with Gasteiger partial charge in [-0.1, -0.05) is 0 Å². The lowest BCUT2D eigenvalue weighted by atomic mass is 10.0. The molecule has 0 aromatic heterocycles. The van der Waals surface area contributed by atoms with E-state index in [2.05, 4.69) is 5.73 Å². The van der Waals surface area contributed by atoms with Crippen molar-refractivity contribution in [2.75, 3.05) is 0 Å². The Labute approximate surface area is 73.9 Å². The molecule has 0 saturated carbocycles. The van der Waals surface area contributed by atoms with Crippen molar-refractivity contribution in [2.45, 2.75) is 24.4 Å². The minimum absolute atomic E-state index is 0.0399. The van der Waals surface area contributed by atoms with Gasteiger partial charge in [-0.25, -0.2) is 0 Å². The average Bonchev–Trinajstić information content (AvgIpc) is 2.12. The van der Waals surface area contributed by atoms with E-state index in [0.29, 0.717) is 0 Å². The molecule has 0 radical (unpaired) electrons. The van der Waals surface area contributed by atoms with Gasteiger partial charge in [-0.15, -0.1) is 0 Å². The van der Waals surface area contributed by atoms with Crippen LogP contribution in [0.4, 0.5) is 0 Å². The molecule has 7 nitrogen and oxygen atoms in total. The van der Waals surface area contributed by atoms with E-state index in [1.165, 1.54) is 0 Å². The second-order valence-corrected chi connectivity index (χ2v) is 2.54. The molecule has 1 amide bonds. The highest BCUT2D eigenvalue weighted by atomic mass is 16.3. The third kappa shape index (κ3) is 3.07. The van der Waals surface area contributed by atoms with Gasteiger partial charge in [0.15, 0.2) is 6.29 Å². The van der Waals surface area contributed by atoms with E-state index in [1.807, 2.05) is 0 Å². The summed E-state index contributed by atoms with van der Waals surface area (Å²) in [5.74, 6) is -1.13. The van der Waals surface area contributed by atoms with Gasteiger partial charge in [-0.3, -0.25) is 4.79 Å². The van der Waals surface area contributed by atoms with Crippen LogP contribution in [0.1, 0.15) is 0 Å². The molecule has 0 aliphatic carbocycles. The molecule has 0 fully saturated rings. The number of amides is 1. The number of aliphatic hydroxyl groups is 3. The Bertz CT molecular complexity index is 197. The number of carbonyl (C=O) groups is 2. The van der Waals surface area contributed by atoms with Crippen LogP contribution in [-0.4, -0.2) is 51.9 Å². The van der Waals surface area contributed by atoms with Crippen LogP contribution in [0.3, 0.4) is 0 Å². The second-order valence-electron chi connectivity index (χ2n) is 2.54. The van der Waals surface area contributed by atoms with Crippen LogP contribution in [0, 0.1) is 0 Å². The fraction of sp³-hybridized carbons (Fsp3) is 0.667. The van der Waals surface area contributed by atoms with Crippen LogP contribution in [-0.2, 0) is 9.59 Å². The van der Waals surface area contributed by atoms with Crippen LogP contribution in [0.2, 0.25) is 0 Å². The number of aliphatic hydroxyl groups excluding tert-OH is 3. The van der Waals surface area contributed by atoms with Crippen LogP contribution >= 0.6 is 0 Å². The summed E-state index contributed by atoms with van der Waals surface area (Å²) in [6, 6.07) is -1.49. The average molecular weight is 192 g/mol. The first-order valence-electron chi connectivity index (χ1n) is 3.46. The molecule has 0 spiro atoms. The first kappa shape index (κ1) is 12.0. The number of rotatable bonds is 5. The first-order chi connectivity index (χ1) is 5.91. The van der Waals surface area contributed by atoms with E-state index in [9.17, 15) is 9.59 Å². The number of primary amides is 1. The van der Waals surface area contributed by atoms with Crippen LogP contribution in [0.25, 0.3) is 0 Å². The normalized spacial score (nSPS) is 20.0. The van der Waals surface area contributed by atoms with Gasteiger partial charge in [0.1, 0.15) is 18.3 Å². The van der Waals surface area contributed by atoms with Gasteiger partial charge in [0.05, 0.1) is 6.04 Å². The predicted molar refractivity (Wildman–Crippen MR) is 41.3 cm³/mol. The summed E-state index contributed by atoms with van der Waals surface area (Å²) < 4.78 is 0. The summed E-state index contributed by atoms with van der Waals surface area (Å²) in [7, 11) is 0. The fourth-order valence-electron chi connectivity index (χ4n) is 0.685. The Morgan fingerprint density at radius 2 is 1.77 bits per heavy atom. The second kappa shape index (κ2) is 4.87. The monoisotopic (exact) mass is 192 g/mol. The van der Waals surface area contributed by atoms with Gasteiger partial charge in [0, 0.05) is 0 Å². The number of aldehydes is 1. The summed E-state index contributed by atoms with van der Waals surface area (Å²) >= 11 is 0. The molecule has 76 valence electrons. The van der Waals surface area contributed by atoms with Crippen molar-refractivity contribution in [3.05, 3.63) is 0 Å². The van der Waals surface area contributed by atoms with Gasteiger partial charge < -0.3 is 31.6 Å². The molecule has 4 atom stereocenters. The van der Waals surface area contributed by atoms with Crippen molar-refractivity contribution in [3.63, 3.8) is 0 Å². The Balaban J connectivity index is 4.32. The van der Waals surface area contributed by atoms with Crippen molar-refractivity contribution in [1.82, 2.24) is 0 Å². The zero-order chi connectivity index (χ0) is 10.6. The molecule has 0 rings (SSSR count). The van der Waals surface area contributed by atoms with E-state index in [1.54, 1.807) is 0 Å². The van der Waals surface area contributed by atoms with Crippen LogP contribution in [0.5, 0.6) is 0 Å². The quantitative estimate of drug-likeness (QED) is 0.281. The largest absolute Gasteiger partial charge is 0.388 e. The molecule has 0 unspecified atom stereocenters. The van der Waals surface area contributed by atoms with Gasteiger partial charge in [0.25, 0.3) is 0 Å². The number of carbonyl (C=O) groups excluding carboxylic acids is 2. The first-order valence-corrected chi connectivity index (χ1v) is 3.46. The van der Waals surface area contributed by atoms with Crippen molar-refractivity contribution in [3.8, 4) is 0 Å². The van der Waals surface area contributed by atoms with Gasteiger partial charge >= 0.3 is 0 Å². The molecule has 0 aliphatic rings. The van der Waals surface area contributed by atoms with E-state index >= 15 is 0 Å². The predicted octanol–water partition coefficient (Wildman–Crippen LogP) is -3.92. The summed E-state index contributed by atoms with van der Waals surface area (Å²) in [5.41, 5.74) is 9.78. The number of hydrogen-bond donors (Lipinski definition) is 5. The van der Waals surface area contributed by atoms with Gasteiger partial charge in [-0.2, -0.15) is 0 Å². The Morgan fingerprint density at radius 3 is 2.08 bits per heavy atom. The molecule has 0 aromatic rings. The van der Waals surface area contributed by atoms with Gasteiger partial charge in [-0.05, 0) is 0 Å². The van der Waals surface area contributed by atoms with Crippen molar-refractivity contribution >= 4 is 12.2 Å². The summed E-state index contributed by atoms with van der Waals surface area (Å²) in [5, 5.41) is 26.7. The lowest BCUT2D eigenvalue weighted by Crippen LogP contribution is -2.54. The molecule has 13 heavy (non-hydrogen) atoms. The summed E-state index contributed by atoms with van der Waals surface area (Å²) in [6.45, 7) is 0. The third-order valence-corrected chi connectivity index (χ3v) is 1.54. The molecule has 0 aromatic carbocycles. The van der Waals surface area contributed by atoms with Crippen molar-refractivity contribution in [1.29, 1.82) is 0 Å². The Morgan fingerprint density at radius 1 is 1.31 bits per heavy atom. The molecule has 7 heteroatoms. The summed E-state index contributed by atoms with van der Waals surface area (Å²) in [4.78, 5) is 20.3.